The summed E-state index contributed by atoms with van der Waals surface area (Å²) in [5.41, 5.74) is 0.517. The number of nitrogens with one attached hydrogen (secondary N) is 1. The van der Waals surface area contributed by atoms with Gasteiger partial charge in [-0.05, 0) is 31.2 Å². The molecule has 2 aromatic rings. The van der Waals surface area contributed by atoms with E-state index in [0.29, 0.717) is 12.2 Å². The minimum absolute atomic E-state index is 0.0335. The summed E-state index contributed by atoms with van der Waals surface area (Å²) in [6, 6.07) is 5.47. The number of amides is 1. The lowest BCUT2D eigenvalue weighted by atomic mass is 10.3. The van der Waals surface area contributed by atoms with E-state index in [1.54, 1.807) is 10.9 Å². The molecule has 0 unspecified atom stereocenters. The van der Waals surface area contributed by atoms with Gasteiger partial charge in [-0.25, -0.2) is 13.6 Å². The van der Waals surface area contributed by atoms with Crippen molar-refractivity contribution >= 4 is 33.2 Å². The molecule has 0 atom stereocenters. The number of anilines is 1. The number of hydrogen-bond donors (Lipinski definition) is 2. The summed E-state index contributed by atoms with van der Waals surface area (Å²) in [5.74, 6) is -0.476. The molecule has 0 aliphatic heterocycles. The van der Waals surface area contributed by atoms with E-state index < -0.39 is 15.9 Å². The highest BCUT2D eigenvalue weighted by molar-refractivity contribution is 7.89. The van der Waals surface area contributed by atoms with Crippen LogP contribution in [0, 0.1) is 0 Å². The molecule has 0 radical (unpaired) electrons. The van der Waals surface area contributed by atoms with Gasteiger partial charge < -0.3 is 5.32 Å². The third-order valence-corrected chi connectivity index (χ3v) is 3.90. The van der Waals surface area contributed by atoms with E-state index in [4.69, 9.17) is 16.7 Å². The number of hydrogen-bond acceptors (Lipinski definition) is 4. The maximum Gasteiger partial charge on any atom is 0.277 e. The van der Waals surface area contributed by atoms with Crippen LogP contribution < -0.4 is 10.5 Å². The van der Waals surface area contributed by atoms with Crippen molar-refractivity contribution in [2.75, 3.05) is 5.32 Å². The van der Waals surface area contributed by atoms with Gasteiger partial charge in [-0.1, -0.05) is 11.6 Å². The molecule has 21 heavy (non-hydrogen) atoms. The molecule has 1 heterocycles. The maximum atomic E-state index is 12.0. The molecule has 2 rings (SSSR count). The van der Waals surface area contributed by atoms with Crippen LogP contribution in [0.15, 0.2) is 35.4 Å². The van der Waals surface area contributed by atoms with Gasteiger partial charge in [-0.3, -0.25) is 9.48 Å². The average molecular weight is 329 g/mol. The Hall–Kier alpha value is -1.90. The molecule has 1 amide bonds. The minimum Gasteiger partial charge on any atom is -0.321 e. The van der Waals surface area contributed by atoms with Gasteiger partial charge in [-0.2, -0.15) is 5.10 Å². The topological polar surface area (TPSA) is 107 Å². The summed E-state index contributed by atoms with van der Waals surface area (Å²) < 4.78 is 23.8. The Kier molecular flexibility index (Phi) is 4.31. The lowest BCUT2D eigenvalue weighted by molar-refractivity contribution is 0.102. The van der Waals surface area contributed by atoms with Crippen LogP contribution in [0.5, 0.6) is 0 Å². The van der Waals surface area contributed by atoms with Gasteiger partial charge in [-0.15, -0.1) is 0 Å². The average Bonchev–Trinajstić information content (AvgIpc) is 2.80. The number of aryl methyl sites for hydroxylation is 1. The second kappa shape index (κ2) is 5.84. The number of nitrogens with zero attached hydrogens (tertiary/aromatic N) is 2. The zero-order valence-electron chi connectivity index (χ0n) is 11.1. The number of rotatable bonds is 4. The zero-order valence-corrected chi connectivity index (χ0v) is 12.6. The molecular weight excluding hydrogens is 316 g/mol. The van der Waals surface area contributed by atoms with Crippen LogP contribution in [-0.4, -0.2) is 24.1 Å². The highest BCUT2D eigenvalue weighted by Gasteiger charge is 2.15. The van der Waals surface area contributed by atoms with Gasteiger partial charge >= 0.3 is 0 Å². The largest absolute Gasteiger partial charge is 0.321 e. The molecule has 112 valence electrons. The van der Waals surface area contributed by atoms with E-state index in [1.165, 1.54) is 24.3 Å². The Balaban J connectivity index is 2.18. The summed E-state index contributed by atoms with van der Waals surface area (Å²) in [6.07, 6.45) is 1.56. The van der Waals surface area contributed by atoms with Crippen LogP contribution in [-0.2, 0) is 16.6 Å². The van der Waals surface area contributed by atoms with Crippen molar-refractivity contribution in [2.24, 2.45) is 5.14 Å². The van der Waals surface area contributed by atoms with E-state index in [-0.39, 0.29) is 15.6 Å². The Labute approximate surface area is 126 Å². The van der Waals surface area contributed by atoms with Gasteiger partial charge in [0.1, 0.15) is 0 Å². The summed E-state index contributed by atoms with van der Waals surface area (Å²) in [5, 5.41) is 11.9. The number of sulfonamides is 1. The molecule has 7 nitrogen and oxygen atoms in total. The van der Waals surface area contributed by atoms with E-state index in [0.717, 1.165) is 0 Å². The molecule has 1 aromatic heterocycles. The molecule has 0 spiro atoms. The molecule has 0 bridgehead atoms. The van der Waals surface area contributed by atoms with Crippen molar-refractivity contribution in [1.82, 2.24) is 9.78 Å². The first-order chi connectivity index (χ1) is 9.81. The molecule has 0 aliphatic carbocycles. The second-order valence-electron chi connectivity index (χ2n) is 4.20. The van der Waals surface area contributed by atoms with Crippen molar-refractivity contribution in [3.05, 3.63) is 41.2 Å². The van der Waals surface area contributed by atoms with Crippen molar-refractivity contribution in [2.45, 2.75) is 18.4 Å². The van der Waals surface area contributed by atoms with Crippen LogP contribution in [0.2, 0.25) is 5.02 Å². The summed E-state index contributed by atoms with van der Waals surface area (Å²) in [6.45, 7) is 2.47. The molecular formula is C12H13ClN4O3S. The fourth-order valence-corrected chi connectivity index (χ4v) is 2.38. The highest BCUT2D eigenvalue weighted by Crippen LogP contribution is 2.17. The molecule has 0 saturated heterocycles. The second-order valence-corrected chi connectivity index (χ2v) is 6.17. The first kappa shape index (κ1) is 15.5. The Bertz CT molecular complexity index is 768. The zero-order chi connectivity index (χ0) is 15.6. The quantitative estimate of drug-likeness (QED) is 0.885. The van der Waals surface area contributed by atoms with Gasteiger partial charge in [0.15, 0.2) is 5.69 Å². The lowest BCUT2D eigenvalue weighted by Gasteiger charge is -2.04. The van der Waals surface area contributed by atoms with Crippen LogP contribution in [0.4, 0.5) is 5.69 Å². The standard InChI is InChI=1S/C12H13ClN4O3S/c1-2-17-7-10(13)11(16-17)12(18)15-8-3-5-9(6-4-8)21(14,19)20/h3-7H,2H2,1H3,(H,15,18)(H2,14,19,20). The molecule has 0 fully saturated rings. The van der Waals surface area contributed by atoms with Crippen molar-refractivity contribution in [3.8, 4) is 0 Å². The van der Waals surface area contributed by atoms with Gasteiger partial charge in [0.25, 0.3) is 5.91 Å². The fourth-order valence-electron chi connectivity index (χ4n) is 1.63. The minimum atomic E-state index is -3.76. The van der Waals surface area contributed by atoms with Gasteiger partial charge in [0.05, 0.1) is 9.92 Å². The van der Waals surface area contributed by atoms with E-state index in [1.807, 2.05) is 6.92 Å². The number of benzene rings is 1. The van der Waals surface area contributed by atoms with E-state index >= 15 is 0 Å². The predicted octanol–water partition coefficient (Wildman–Crippen LogP) is 1.46. The predicted molar refractivity (Wildman–Crippen MR) is 78.7 cm³/mol. The van der Waals surface area contributed by atoms with Crippen LogP contribution in [0.25, 0.3) is 0 Å². The van der Waals surface area contributed by atoms with Gasteiger partial charge in [0, 0.05) is 18.4 Å². The lowest BCUT2D eigenvalue weighted by Crippen LogP contribution is -2.15. The molecule has 9 heteroatoms. The highest BCUT2D eigenvalue weighted by atomic mass is 35.5. The summed E-state index contributed by atoms with van der Waals surface area (Å²) in [7, 11) is -3.76. The third-order valence-electron chi connectivity index (χ3n) is 2.70. The number of carbonyl (C=O) groups excluding carboxylic acids is 1. The molecule has 3 N–H and O–H groups in total. The maximum absolute atomic E-state index is 12.0. The fraction of sp³-hybridized carbons (Fsp3) is 0.167. The van der Waals surface area contributed by atoms with Crippen molar-refractivity contribution in [1.29, 1.82) is 0 Å². The van der Waals surface area contributed by atoms with Gasteiger partial charge in [0.2, 0.25) is 10.0 Å². The van der Waals surface area contributed by atoms with Crippen LogP contribution >= 0.6 is 11.6 Å². The Morgan fingerprint density at radius 2 is 2.00 bits per heavy atom. The monoisotopic (exact) mass is 328 g/mol. The number of carbonyl (C=O) groups is 1. The normalized spacial score (nSPS) is 11.4. The van der Waals surface area contributed by atoms with Crippen molar-refractivity contribution < 1.29 is 13.2 Å². The first-order valence-corrected chi connectivity index (χ1v) is 7.91. The molecule has 0 aliphatic rings. The van der Waals surface area contributed by atoms with E-state index in [9.17, 15) is 13.2 Å². The number of nitrogens with two attached hydrogens (primary N) is 1. The molecule has 1 aromatic carbocycles. The first-order valence-electron chi connectivity index (χ1n) is 5.98. The van der Waals surface area contributed by atoms with E-state index in [2.05, 4.69) is 10.4 Å². The Morgan fingerprint density at radius 1 is 1.38 bits per heavy atom. The smallest absolute Gasteiger partial charge is 0.277 e. The van der Waals surface area contributed by atoms with Crippen LogP contribution in [0.1, 0.15) is 17.4 Å². The number of primary sulfonamides is 1. The number of aromatic nitrogens is 2. The molecule has 0 saturated carbocycles. The number of halogens is 1. The van der Waals surface area contributed by atoms with Crippen LogP contribution in [0.3, 0.4) is 0 Å². The van der Waals surface area contributed by atoms with Crippen molar-refractivity contribution in [3.63, 3.8) is 0 Å². The summed E-state index contributed by atoms with van der Waals surface area (Å²) in [4.78, 5) is 12.0. The Morgan fingerprint density at radius 3 is 2.48 bits per heavy atom. The SMILES string of the molecule is CCn1cc(Cl)c(C(=O)Nc2ccc(S(N)(=O)=O)cc2)n1. The third kappa shape index (κ3) is 3.60. The summed E-state index contributed by atoms with van der Waals surface area (Å²) >= 11 is 5.93.